The Morgan fingerprint density at radius 1 is 0.900 bits per heavy atom. The molecule has 4 heteroatoms. The molecule has 0 aromatic heterocycles. The summed E-state index contributed by atoms with van der Waals surface area (Å²) in [6.45, 7) is 0. The summed E-state index contributed by atoms with van der Waals surface area (Å²) in [5.74, 6) is 0. The third-order valence-electron chi connectivity index (χ3n) is 3.72. The highest BCUT2D eigenvalue weighted by Gasteiger charge is 2.19. The number of hydrogen-bond donors (Lipinski definition) is 1. The molecule has 0 saturated heterocycles. The topological polar surface area (TPSA) is 12.0 Å². The van der Waals surface area contributed by atoms with Gasteiger partial charge in [0.1, 0.15) is 0 Å². The molecule has 0 fully saturated rings. The Balaban J connectivity index is 1.78. The summed E-state index contributed by atoms with van der Waals surface area (Å²) in [5.41, 5.74) is 3.71. The summed E-state index contributed by atoms with van der Waals surface area (Å²) in [4.78, 5) is 0. The molecule has 1 nitrogen and oxygen atoms in total. The van der Waals surface area contributed by atoms with Crippen molar-refractivity contribution in [3.8, 4) is 0 Å². The summed E-state index contributed by atoms with van der Waals surface area (Å²) in [7, 11) is 0. The van der Waals surface area contributed by atoms with Crippen molar-refractivity contribution in [2.45, 2.75) is 25.3 Å². The van der Waals surface area contributed by atoms with Crippen LogP contribution < -0.4 is 5.32 Å². The summed E-state index contributed by atoms with van der Waals surface area (Å²) >= 11 is 18.2. The molecule has 0 bridgehead atoms. The van der Waals surface area contributed by atoms with Gasteiger partial charge < -0.3 is 5.32 Å². The van der Waals surface area contributed by atoms with E-state index in [4.69, 9.17) is 34.8 Å². The average Bonchev–Trinajstić information content (AvgIpc) is 2.44. The molecule has 1 unspecified atom stereocenters. The van der Waals surface area contributed by atoms with Gasteiger partial charge in [-0.25, -0.2) is 0 Å². The second kappa shape index (κ2) is 5.85. The number of halogens is 3. The molecular weight excluding hydrogens is 313 g/mol. The van der Waals surface area contributed by atoms with Crippen LogP contribution in [0.15, 0.2) is 36.4 Å². The van der Waals surface area contributed by atoms with Gasteiger partial charge in [-0.15, -0.1) is 0 Å². The molecule has 0 saturated carbocycles. The van der Waals surface area contributed by atoms with Crippen LogP contribution in [0.2, 0.25) is 15.1 Å². The number of fused-ring (bicyclic) bond motifs is 1. The molecule has 0 amide bonds. The van der Waals surface area contributed by atoms with E-state index in [0.29, 0.717) is 21.1 Å². The van der Waals surface area contributed by atoms with E-state index in [1.165, 1.54) is 11.1 Å². The van der Waals surface area contributed by atoms with E-state index in [1.54, 1.807) is 12.1 Å². The molecule has 0 aliphatic heterocycles. The predicted octanol–water partition coefficient (Wildman–Crippen LogP) is 5.62. The lowest BCUT2D eigenvalue weighted by atomic mass is 9.88. The van der Waals surface area contributed by atoms with Crippen molar-refractivity contribution in [1.82, 2.24) is 0 Å². The van der Waals surface area contributed by atoms with Crippen LogP contribution in [-0.4, -0.2) is 6.04 Å². The molecular formula is C16H14Cl3N. The van der Waals surface area contributed by atoms with E-state index < -0.39 is 0 Å². The quantitative estimate of drug-likeness (QED) is 0.707. The second-order valence-corrected chi connectivity index (χ2v) is 6.32. The van der Waals surface area contributed by atoms with Gasteiger partial charge in [0.15, 0.2) is 0 Å². The van der Waals surface area contributed by atoms with Gasteiger partial charge in [0, 0.05) is 6.04 Å². The van der Waals surface area contributed by atoms with Gasteiger partial charge in [-0.05, 0) is 42.5 Å². The Hall–Kier alpha value is -0.890. The van der Waals surface area contributed by atoms with Crippen molar-refractivity contribution in [3.63, 3.8) is 0 Å². The fourth-order valence-corrected chi connectivity index (χ4v) is 3.28. The molecule has 0 heterocycles. The van der Waals surface area contributed by atoms with Crippen LogP contribution in [0.4, 0.5) is 5.69 Å². The van der Waals surface area contributed by atoms with Gasteiger partial charge in [0.2, 0.25) is 0 Å². The maximum atomic E-state index is 6.22. The number of hydrogen-bond acceptors (Lipinski definition) is 1. The normalized spacial score (nSPS) is 17.6. The number of aryl methyl sites for hydroxylation is 1. The third kappa shape index (κ3) is 2.90. The standard InChI is InChI=1S/C16H14Cl3N/c17-13-8-15(19)16(9-14(13)18)20-12-6-5-10-3-1-2-4-11(10)7-12/h1-4,8-9,12,20H,5-7H2. The first kappa shape index (κ1) is 14.1. The lowest BCUT2D eigenvalue weighted by Gasteiger charge is -2.27. The Morgan fingerprint density at radius 3 is 2.40 bits per heavy atom. The van der Waals surface area contributed by atoms with Gasteiger partial charge in [0.25, 0.3) is 0 Å². The zero-order valence-corrected chi connectivity index (χ0v) is 13.1. The van der Waals surface area contributed by atoms with Crippen molar-refractivity contribution >= 4 is 40.5 Å². The van der Waals surface area contributed by atoms with Crippen molar-refractivity contribution in [2.24, 2.45) is 0 Å². The fraction of sp³-hybridized carbons (Fsp3) is 0.250. The number of benzene rings is 2. The van der Waals surface area contributed by atoms with E-state index in [9.17, 15) is 0 Å². The van der Waals surface area contributed by atoms with Crippen molar-refractivity contribution < 1.29 is 0 Å². The van der Waals surface area contributed by atoms with E-state index in [-0.39, 0.29) is 0 Å². The van der Waals surface area contributed by atoms with Crippen LogP contribution >= 0.6 is 34.8 Å². The van der Waals surface area contributed by atoms with E-state index in [0.717, 1.165) is 24.9 Å². The zero-order valence-electron chi connectivity index (χ0n) is 10.8. The molecule has 20 heavy (non-hydrogen) atoms. The Kier molecular flexibility index (Phi) is 4.11. The van der Waals surface area contributed by atoms with E-state index in [2.05, 4.69) is 29.6 Å². The van der Waals surface area contributed by atoms with E-state index >= 15 is 0 Å². The smallest absolute Gasteiger partial charge is 0.0653 e. The highest BCUT2D eigenvalue weighted by Crippen LogP contribution is 2.33. The molecule has 0 radical (unpaired) electrons. The largest absolute Gasteiger partial charge is 0.381 e. The molecule has 104 valence electrons. The molecule has 1 aliphatic carbocycles. The molecule has 1 atom stereocenters. The molecule has 0 spiro atoms. The minimum absolute atomic E-state index is 0.375. The number of anilines is 1. The summed E-state index contributed by atoms with van der Waals surface area (Å²) < 4.78 is 0. The van der Waals surface area contributed by atoms with Gasteiger partial charge in [0.05, 0.1) is 20.8 Å². The van der Waals surface area contributed by atoms with Crippen molar-refractivity contribution in [2.75, 3.05) is 5.32 Å². The Labute approximate surface area is 133 Å². The molecule has 3 rings (SSSR count). The van der Waals surface area contributed by atoms with Gasteiger partial charge in [-0.1, -0.05) is 59.1 Å². The van der Waals surface area contributed by atoms with E-state index in [1.807, 2.05) is 0 Å². The van der Waals surface area contributed by atoms with Crippen LogP contribution in [0.3, 0.4) is 0 Å². The maximum absolute atomic E-state index is 6.22. The minimum Gasteiger partial charge on any atom is -0.381 e. The first-order valence-electron chi connectivity index (χ1n) is 6.61. The van der Waals surface area contributed by atoms with Gasteiger partial charge >= 0.3 is 0 Å². The number of rotatable bonds is 2. The molecule has 2 aromatic carbocycles. The molecule has 1 aliphatic rings. The molecule has 1 N–H and O–H groups in total. The Morgan fingerprint density at radius 2 is 1.60 bits per heavy atom. The maximum Gasteiger partial charge on any atom is 0.0653 e. The summed E-state index contributed by atoms with van der Waals surface area (Å²) in [5, 5.41) is 5.10. The lowest BCUT2D eigenvalue weighted by Crippen LogP contribution is -2.27. The average molecular weight is 327 g/mol. The van der Waals surface area contributed by atoms with Crippen LogP contribution in [0.5, 0.6) is 0 Å². The van der Waals surface area contributed by atoms with Crippen LogP contribution in [0.1, 0.15) is 17.5 Å². The van der Waals surface area contributed by atoms with Gasteiger partial charge in [-0.3, -0.25) is 0 Å². The van der Waals surface area contributed by atoms with Crippen LogP contribution in [0, 0.1) is 0 Å². The highest BCUT2D eigenvalue weighted by molar-refractivity contribution is 6.44. The lowest BCUT2D eigenvalue weighted by molar-refractivity contribution is 0.611. The Bertz CT molecular complexity index is 640. The second-order valence-electron chi connectivity index (χ2n) is 5.10. The minimum atomic E-state index is 0.375. The zero-order chi connectivity index (χ0) is 14.1. The summed E-state index contributed by atoms with van der Waals surface area (Å²) in [6.07, 6.45) is 3.19. The van der Waals surface area contributed by atoms with Crippen LogP contribution in [0.25, 0.3) is 0 Å². The first-order chi connectivity index (χ1) is 9.63. The van der Waals surface area contributed by atoms with Crippen molar-refractivity contribution in [3.05, 3.63) is 62.6 Å². The van der Waals surface area contributed by atoms with Gasteiger partial charge in [-0.2, -0.15) is 0 Å². The SMILES string of the molecule is Clc1cc(Cl)c(NC2CCc3ccccc3C2)cc1Cl. The predicted molar refractivity (Wildman–Crippen MR) is 87.3 cm³/mol. The fourth-order valence-electron chi connectivity index (χ4n) is 2.67. The summed E-state index contributed by atoms with van der Waals surface area (Å²) in [6, 6.07) is 12.4. The third-order valence-corrected chi connectivity index (χ3v) is 4.75. The van der Waals surface area contributed by atoms with Crippen LogP contribution in [-0.2, 0) is 12.8 Å². The highest BCUT2D eigenvalue weighted by atomic mass is 35.5. The first-order valence-corrected chi connectivity index (χ1v) is 7.75. The molecule has 2 aromatic rings. The number of nitrogens with one attached hydrogen (secondary N) is 1. The monoisotopic (exact) mass is 325 g/mol. The van der Waals surface area contributed by atoms with Crippen molar-refractivity contribution in [1.29, 1.82) is 0 Å².